The maximum Gasteiger partial charge on any atom is 0.253 e. The fourth-order valence-corrected chi connectivity index (χ4v) is 3.28. The Kier molecular flexibility index (Phi) is 8.97. The third-order valence-corrected chi connectivity index (χ3v) is 5.13. The normalized spacial score (nSPS) is 12.0. The number of carbonyl (C=O) groups excluding carboxylic acids is 1. The SMILES string of the molecule is COc1ccc(C(=O)N[C@@H](NC(=S)Nc2ccc(Cl)cc2Cl)C(Cl)(Cl)Cl)cc1OC. The highest BCUT2D eigenvalue weighted by atomic mass is 35.6. The standard InChI is InChI=1S/C18H16Cl5N3O3S/c1-28-13-6-3-9(7-14(13)29-2)15(27)25-16(18(21,22)23)26-17(30)24-12-5-4-10(19)8-11(12)20/h3-8,16H,1-2H3,(H,25,27)(H2,24,26,30)/t16-/m0/s1. The van der Waals surface area contributed by atoms with Gasteiger partial charge in [-0.15, -0.1) is 0 Å². The van der Waals surface area contributed by atoms with Gasteiger partial charge in [-0.3, -0.25) is 4.79 Å². The van der Waals surface area contributed by atoms with Crippen LogP contribution in [-0.2, 0) is 0 Å². The monoisotopic (exact) mass is 529 g/mol. The molecule has 6 nitrogen and oxygen atoms in total. The molecule has 0 spiro atoms. The van der Waals surface area contributed by atoms with E-state index in [1.54, 1.807) is 24.3 Å². The number of benzene rings is 2. The largest absolute Gasteiger partial charge is 0.493 e. The Morgan fingerprint density at radius 3 is 2.23 bits per heavy atom. The molecule has 1 atom stereocenters. The van der Waals surface area contributed by atoms with Gasteiger partial charge in [0.25, 0.3) is 5.91 Å². The van der Waals surface area contributed by atoms with Gasteiger partial charge in [0.15, 0.2) is 16.6 Å². The van der Waals surface area contributed by atoms with E-state index in [9.17, 15) is 4.79 Å². The molecule has 12 heteroatoms. The number of alkyl halides is 3. The van der Waals surface area contributed by atoms with Crippen molar-refractivity contribution in [3.8, 4) is 11.5 Å². The topological polar surface area (TPSA) is 71.6 Å². The molecule has 0 aliphatic rings. The maximum atomic E-state index is 12.7. The van der Waals surface area contributed by atoms with Crippen molar-refractivity contribution in [1.82, 2.24) is 10.6 Å². The molecule has 0 saturated heterocycles. The lowest BCUT2D eigenvalue weighted by molar-refractivity contribution is 0.0934. The Balaban J connectivity index is 2.14. The molecule has 0 aliphatic heterocycles. The van der Waals surface area contributed by atoms with Crippen LogP contribution < -0.4 is 25.4 Å². The molecule has 0 unspecified atom stereocenters. The van der Waals surface area contributed by atoms with Crippen molar-refractivity contribution < 1.29 is 14.3 Å². The first-order valence-electron chi connectivity index (χ1n) is 8.17. The average Bonchev–Trinajstić information content (AvgIpc) is 2.68. The number of carbonyl (C=O) groups is 1. The molecular weight excluding hydrogens is 516 g/mol. The highest BCUT2D eigenvalue weighted by molar-refractivity contribution is 7.80. The summed E-state index contributed by atoms with van der Waals surface area (Å²) >= 11 is 35.3. The van der Waals surface area contributed by atoms with Crippen LogP contribution >= 0.6 is 70.2 Å². The molecular formula is C18H16Cl5N3O3S. The van der Waals surface area contributed by atoms with E-state index in [-0.39, 0.29) is 10.7 Å². The lowest BCUT2D eigenvalue weighted by Crippen LogP contribution is -2.56. The van der Waals surface area contributed by atoms with Crippen LogP contribution in [0.25, 0.3) is 0 Å². The van der Waals surface area contributed by atoms with Crippen molar-refractivity contribution in [2.75, 3.05) is 19.5 Å². The zero-order valence-electron chi connectivity index (χ0n) is 15.6. The first-order chi connectivity index (χ1) is 14.0. The van der Waals surface area contributed by atoms with Gasteiger partial charge in [-0.2, -0.15) is 0 Å². The first-order valence-corrected chi connectivity index (χ1v) is 10.5. The van der Waals surface area contributed by atoms with Crippen molar-refractivity contribution in [1.29, 1.82) is 0 Å². The maximum absolute atomic E-state index is 12.7. The predicted octanol–water partition coefficient (Wildman–Crippen LogP) is 5.42. The quantitative estimate of drug-likeness (QED) is 0.263. The van der Waals surface area contributed by atoms with Gasteiger partial charge in [0.2, 0.25) is 3.79 Å². The highest BCUT2D eigenvalue weighted by Crippen LogP contribution is 2.31. The van der Waals surface area contributed by atoms with E-state index in [1.165, 1.54) is 26.4 Å². The summed E-state index contributed by atoms with van der Waals surface area (Å²) in [4.78, 5) is 12.7. The van der Waals surface area contributed by atoms with Crippen LogP contribution in [0.4, 0.5) is 5.69 Å². The van der Waals surface area contributed by atoms with Crippen LogP contribution in [0, 0.1) is 0 Å². The van der Waals surface area contributed by atoms with Gasteiger partial charge in [0, 0.05) is 10.6 Å². The molecule has 0 heterocycles. The van der Waals surface area contributed by atoms with E-state index in [4.69, 9.17) is 79.7 Å². The molecule has 2 aromatic carbocycles. The zero-order valence-corrected chi connectivity index (χ0v) is 20.2. The number of hydrogen-bond acceptors (Lipinski definition) is 4. The molecule has 162 valence electrons. The molecule has 0 aromatic heterocycles. The van der Waals surface area contributed by atoms with Gasteiger partial charge < -0.3 is 25.4 Å². The number of methoxy groups -OCH3 is 2. The van der Waals surface area contributed by atoms with Crippen LogP contribution in [0.1, 0.15) is 10.4 Å². The second-order valence-electron chi connectivity index (χ2n) is 5.74. The average molecular weight is 532 g/mol. The lowest BCUT2D eigenvalue weighted by atomic mass is 10.2. The Bertz CT molecular complexity index is 940. The zero-order chi connectivity index (χ0) is 22.5. The molecule has 2 rings (SSSR count). The third kappa shape index (κ3) is 6.83. The summed E-state index contributed by atoms with van der Waals surface area (Å²) in [6, 6.07) is 9.41. The second-order valence-corrected chi connectivity index (χ2v) is 9.36. The minimum atomic E-state index is -1.93. The van der Waals surface area contributed by atoms with Crippen molar-refractivity contribution in [3.05, 3.63) is 52.0 Å². The van der Waals surface area contributed by atoms with Gasteiger partial charge in [0.05, 0.1) is 24.9 Å². The van der Waals surface area contributed by atoms with E-state index < -0.39 is 15.9 Å². The van der Waals surface area contributed by atoms with Crippen molar-refractivity contribution in [2.24, 2.45) is 0 Å². The number of anilines is 1. The summed E-state index contributed by atoms with van der Waals surface area (Å²) in [6.07, 6.45) is -1.17. The molecule has 0 aliphatic carbocycles. The molecule has 0 radical (unpaired) electrons. The van der Waals surface area contributed by atoms with Gasteiger partial charge in [0.1, 0.15) is 6.17 Å². The number of thiocarbonyl (C=S) groups is 1. The van der Waals surface area contributed by atoms with Gasteiger partial charge >= 0.3 is 0 Å². The van der Waals surface area contributed by atoms with E-state index in [0.717, 1.165) is 0 Å². The van der Waals surface area contributed by atoms with Crippen molar-refractivity contribution >= 4 is 86.9 Å². The summed E-state index contributed by atoms with van der Waals surface area (Å²) in [5.74, 6) is 0.306. The molecule has 30 heavy (non-hydrogen) atoms. The molecule has 3 N–H and O–H groups in total. The van der Waals surface area contributed by atoms with Crippen LogP contribution in [0.5, 0.6) is 11.5 Å². The number of amides is 1. The van der Waals surface area contributed by atoms with Crippen LogP contribution in [-0.4, -0.2) is 35.2 Å². The third-order valence-electron chi connectivity index (χ3n) is 3.70. The fraction of sp³-hybridized carbons (Fsp3) is 0.222. The second kappa shape index (κ2) is 10.8. The minimum Gasteiger partial charge on any atom is -0.493 e. The summed E-state index contributed by atoms with van der Waals surface area (Å²) in [5.41, 5.74) is 0.737. The molecule has 0 fully saturated rings. The fourth-order valence-electron chi connectivity index (χ4n) is 2.27. The van der Waals surface area contributed by atoms with Gasteiger partial charge in [-0.1, -0.05) is 58.0 Å². The molecule has 0 bridgehead atoms. The number of rotatable bonds is 6. The Labute approximate surface area is 204 Å². The lowest BCUT2D eigenvalue weighted by Gasteiger charge is -2.28. The van der Waals surface area contributed by atoms with Crippen LogP contribution in [0.15, 0.2) is 36.4 Å². The summed E-state index contributed by atoms with van der Waals surface area (Å²) in [7, 11) is 2.94. The van der Waals surface area contributed by atoms with Crippen molar-refractivity contribution in [3.63, 3.8) is 0 Å². The van der Waals surface area contributed by atoms with E-state index in [2.05, 4.69) is 16.0 Å². The molecule has 2 aromatic rings. The Morgan fingerprint density at radius 2 is 1.67 bits per heavy atom. The number of halogens is 5. The summed E-state index contributed by atoms with van der Waals surface area (Å²) < 4.78 is 8.43. The predicted molar refractivity (Wildman–Crippen MR) is 127 cm³/mol. The first kappa shape index (κ1) is 24.9. The minimum absolute atomic E-state index is 0.0585. The number of ether oxygens (including phenoxy) is 2. The summed E-state index contributed by atoms with van der Waals surface area (Å²) in [6.45, 7) is 0. The van der Waals surface area contributed by atoms with Gasteiger partial charge in [-0.05, 0) is 48.6 Å². The van der Waals surface area contributed by atoms with E-state index in [0.29, 0.717) is 27.2 Å². The number of nitrogens with one attached hydrogen (secondary N) is 3. The van der Waals surface area contributed by atoms with Crippen LogP contribution in [0.3, 0.4) is 0 Å². The molecule has 1 amide bonds. The smallest absolute Gasteiger partial charge is 0.253 e. The van der Waals surface area contributed by atoms with Crippen LogP contribution in [0.2, 0.25) is 10.0 Å². The summed E-state index contributed by atoms with van der Waals surface area (Å²) in [5, 5.41) is 9.04. The Hall–Kier alpha value is -1.35. The van der Waals surface area contributed by atoms with Gasteiger partial charge in [-0.25, -0.2) is 0 Å². The highest BCUT2D eigenvalue weighted by Gasteiger charge is 2.35. The van der Waals surface area contributed by atoms with E-state index >= 15 is 0 Å². The molecule has 0 saturated carbocycles. The van der Waals surface area contributed by atoms with Crippen molar-refractivity contribution in [2.45, 2.75) is 9.96 Å². The van der Waals surface area contributed by atoms with E-state index in [1.807, 2.05) is 0 Å². The number of hydrogen-bond donors (Lipinski definition) is 3. The Morgan fingerprint density at radius 1 is 1.00 bits per heavy atom.